The molecular weight excluding hydrogens is 268 g/mol. The Labute approximate surface area is 121 Å². The number of carbonyl (C=O) groups excluding carboxylic acids is 1. The smallest absolute Gasteiger partial charge is 0.253 e. The number of amides is 1. The van der Waals surface area contributed by atoms with Gasteiger partial charge in [0.05, 0.1) is 25.9 Å². The van der Waals surface area contributed by atoms with Gasteiger partial charge >= 0.3 is 0 Å². The predicted octanol–water partition coefficient (Wildman–Crippen LogP) is 0.670. The molecule has 19 heavy (non-hydrogen) atoms. The Balaban J connectivity index is 0.00000180. The number of nitrogens with one attached hydrogen (secondary N) is 1. The van der Waals surface area contributed by atoms with E-state index in [4.69, 9.17) is 9.47 Å². The predicted molar refractivity (Wildman–Crippen MR) is 75.6 cm³/mol. The molecule has 0 bridgehead atoms. The number of rotatable bonds is 3. The molecule has 1 amide bonds. The Morgan fingerprint density at radius 3 is 2.84 bits per heavy atom. The van der Waals surface area contributed by atoms with E-state index in [1.54, 1.807) is 0 Å². The lowest BCUT2D eigenvalue weighted by atomic mass is 10.0. The number of carbonyl (C=O) groups is 1. The summed E-state index contributed by atoms with van der Waals surface area (Å²) in [6, 6.07) is 0.205. The number of hydrogen-bond donors (Lipinski definition) is 1. The Hall–Kier alpha value is -0.360. The summed E-state index contributed by atoms with van der Waals surface area (Å²) in [6.07, 6.45) is 0.679. The molecule has 6 heteroatoms. The van der Waals surface area contributed by atoms with E-state index >= 15 is 0 Å². The fraction of sp³-hybridized carbons (Fsp3) is 0.923. The van der Waals surface area contributed by atoms with Gasteiger partial charge < -0.3 is 19.7 Å². The van der Waals surface area contributed by atoms with Gasteiger partial charge in [0.1, 0.15) is 6.10 Å². The molecule has 0 aliphatic carbocycles. The number of morpholine rings is 2. The average molecular weight is 293 g/mol. The third-order valence-corrected chi connectivity index (χ3v) is 3.46. The molecule has 2 saturated heterocycles. The van der Waals surface area contributed by atoms with Crippen molar-refractivity contribution in [1.82, 2.24) is 10.2 Å². The summed E-state index contributed by atoms with van der Waals surface area (Å²) in [5.41, 5.74) is 0. The fourth-order valence-electron chi connectivity index (χ4n) is 2.59. The Bertz CT molecular complexity index is 283. The highest BCUT2D eigenvalue weighted by atomic mass is 35.5. The molecule has 2 heterocycles. The van der Waals surface area contributed by atoms with Gasteiger partial charge in [0, 0.05) is 19.6 Å². The first-order valence-corrected chi connectivity index (χ1v) is 6.89. The topological polar surface area (TPSA) is 50.8 Å². The van der Waals surface area contributed by atoms with Gasteiger partial charge in [0.25, 0.3) is 5.91 Å². The molecule has 0 saturated carbocycles. The first-order valence-electron chi connectivity index (χ1n) is 6.89. The molecular formula is C13H25ClN2O3. The highest BCUT2D eigenvalue weighted by Gasteiger charge is 2.33. The minimum Gasteiger partial charge on any atom is -0.377 e. The zero-order chi connectivity index (χ0) is 13.0. The van der Waals surface area contributed by atoms with E-state index in [-0.39, 0.29) is 30.5 Å². The maximum Gasteiger partial charge on any atom is 0.253 e. The van der Waals surface area contributed by atoms with Crippen LogP contribution in [0, 0.1) is 5.92 Å². The SMILES string of the molecule is CC(C)CC1COCCN1C(=O)C1CNCCO1.Cl. The molecule has 2 atom stereocenters. The van der Waals surface area contributed by atoms with E-state index in [9.17, 15) is 4.79 Å². The van der Waals surface area contributed by atoms with Gasteiger partial charge in [-0.25, -0.2) is 0 Å². The average Bonchev–Trinajstić information content (AvgIpc) is 2.39. The largest absolute Gasteiger partial charge is 0.377 e. The zero-order valence-electron chi connectivity index (χ0n) is 11.8. The van der Waals surface area contributed by atoms with Gasteiger partial charge in [-0.1, -0.05) is 13.8 Å². The van der Waals surface area contributed by atoms with Crippen LogP contribution in [0.2, 0.25) is 0 Å². The van der Waals surface area contributed by atoms with Crippen LogP contribution in [0.1, 0.15) is 20.3 Å². The van der Waals surface area contributed by atoms with Crippen molar-refractivity contribution in [2.45, 2.75) is 32.4 Å². The molecule has 0 spiro atoms. The number of hydrogen-bond acceptors (Lipinski definition) is 4. The minimum atomic E-state index is -0.313. The second-order valence-electron chi connectivity index (χ2n) is 5.45. The Morgan fingerprint density at radius 1 is 1.42 bits per heavy atom. The second kappa shape index (κ2) is 8.04. The van der Waals surface area contributed by atoms with E-state index in [1.807, 2.05) is 4.90 Å². The maximum absolute atomic E-state index is 12.5. The van der Waals surface area contributed by atoms with Crippen molar-refractivity contribution in [3.05, 3.63) is 0 Å². The summed E-state index contributed by atoms with van der Waals surface area (Å²) in [6.45, 7) is 8.43. The molecule has 0 aromatic rings. The van der Waals surface area contributed by atoms with Crippen LogP contribution in [0.3, 0.4) is 0 Å². The lowest BCUT2D eigenvalue weighted by molar-refractivity contribution is -0.154. The molecule has 2 aliphatic rings. The van der Waals surface area contributed by atoms with Gasteiger partial charge in [-0.2, -0.15) is 0 Å². The van der Waals surface area contributed by atoms with E-state index in [0.29, 0.717) is 38.8 Å². The molecule has 5 nitrogen and oxygen atoms in total. The zero-order valence-corrected chi connectivity index (χ0v) is 12.6. The van der Waals surface area contributed by atoms with E-state index in [0.717, 1.165) is 13.0 Å². The normalized spacial score (nSPS) is 28.1. The van der Waals surface area contributed by atoms with Crippen molar-refractivity contribution in [3.63, 3.8) is 0 Å². The monoisotopic (exact) mass is 292 g/mol. The van der Waals surface area contributed by atoms with Crippen LogP contribution in [0.25, 0.3) is 0 Å². The van der Waals surface area contributed by atoms with Gasteiger partial charge in [0.2, 0.25) is 0 Å². The Kier molecular flexibility index (Phi) is 7.07. The molecule has 0 aromatic heterocycles. The summed E-state index contributed by atoms with van der Waals surface area (Å²) >= 11 is 0. The van der Waals surface area contributed by atoms with Crippen molar-refractivity contribution in [3.8, 4) is 0 Å². The van der Waals surface area contributed by atoms with Crippen LogP contribution < -0.4 is 5.32 Å². The minimum absolute atomic E-state index is 0. The van der Waals surface area contributed by atoms with E-state index < -0.39 is 0 Å². The third kappa shape index (κ3) is 4.60. The lowest BCUT2D eigenvalue weighted by Gasteiger charge is -2.39. The number of ether oxygens (including phenoxy) is 2. The first-order chi connectivity index (χ1) is 8.68. The van der Waals surface area contributed by atoms with Crippen LogP contribution in [0.4, 0.5) is 0 Å². The van der Waals surface area contributed by atoms with Gasteiger partial charge in [-0.05, 0) is 12.3 Å². The van der Waals surface area contributed by atoms with Crippen molar-refractivity contribution in [2.75, 3.05) is 39.5 Å². The molecule has 112 valence electrons. The van der Waals surface area contributed by atoms with Crippen molar-refractivity contribution < 1.29 is 14.3 Å². The van der Waals surface area contributed by atoms with Crippen LogP contribution in [-0.2, 0) is 14.3 Å². The molecule has 2 aliphatic heterocycles. The van der Waals surface area contributed by atoms with Gasteiger partial charge in [0.15, 0.2) is 0 Å². The van der Waals surface area contributed by atoms with Crippen molar-refractivity contribution >= 4 is 18.3 Å². The molecule has 0 radical (unpaired) electrons. The quantitative estimate of drug-likeness (QED) is 0.831. The summed E-state index contributed by atoms with van der Waals surface area (Å²) in [5.74, 6) is 0.688. The molecule has 2 rings (SSSR count). The number of halogens is 1. The summed E-state index contributed by atoms with van der Waals surface area (Å²) in [4.78, 5) is 14.4. The molecule has 2 fully saturated rings. The highest BCUT2D eigenvalue weighted by molar-refractivity contribution is 5.85. The van der Waals surface area contributed by atoms with E-state index in [2.05, 4.69) is 19.2 Å². The molecule has 1 N–H and O–H groups in total. The van der Waals surface area contributed by atoms with Crippen LogP contribution in [-0.4, -0.2) is 62.4 Å². The molecule has 0 aromatic carbocycles. The van der Waals surface area contributed by atoms with Gasteiger partial charge in [-0.15, -0.1) is 12.4 Å². The summed E-state index contributed by atoms with van der Waals surface area (Å²) in [5, 5.41) is 3.21. The van der Waals surface area contributed by atoms with Crippen molar-refractivity contribution in [2.24, 2.45) is 5.92 Å². The highest BCUT2D eigenvalue weighted by Crippen LogP contribution is 2.17. The van der Waals surface area contributed by atoms with Crippen molar-refractivity contribution in [1.29, 1.82) is 0 Å². The first kappa shape index (κ1) is 16.7. The fourth-order valence-corrected chi connectivity index (χ4v) is 2.59. The summed E-state index contributed by atoms with van der Waals surface area (Å²) in [7, 11) is 0. The second-order valence-corrected chi connectivity index (χ2v) is 5.45. The summed E-state index contributed by atoms with van der Waals surface area (Å²) < 4.78 is 11.1. The lowest BCUT2D eigenvalue weighted by Crippen LogP contribution is -2.56. The maximum atomic E-state index is 12.5. The number of nitrogens with zero attached hydrogens (tertiary/aromatic N) is 1. The Morgan fingerprint density at radius 2 is 2.21 bits per heavy atom. The molecule has 2 unspecified atom stereocenters. The van der Waals surface area contributed by atoms with E-state index in [1.165, 1.54) is 0 Å². The van der Waals surface area contributed by atoms with Crippen LogP contribution in [0.5, 0.6) is 0 Å². The van der Waals surface area contributed by atoms with Crippen LogP contribution in [0.15, 0.2) is 0 Å². The third-order valence-electron chi connectivity index (χ3n) is 3.46. The standard InChI is InChI=1S/C13H24N2O3.ClH/c1-10(2)7-11-9-17-6-4-15(11)13(16)12-8-14-3-5-18-12;/h10-12,14H,3-9H2,1-2H3;1H. The van der Waals surface area contributed by atoms with Gasteiger partial charge in [-0.3, -0.25) is 4.79 Å². The van der Waals surface area contributed by atoms with Crippen LogP contribution >= 0.6 is 12.4 Å².